The molecule has 3 aromatic rings. The Morgan fingerprint density at radius 3 is 2.69 bits per heavy atom. The van der Waals surface area contributed by atoms with Crippen LogP contribution in [0.5, 0.6) is 5.75 Å². The van der Waals surface area contributed by atoms with Crippen molar-refractivity contribution in [3.05, 3.63) is 60.2 Å². The first-order chi connectivity index (χ1) is 15.8. The molecule has 1 aliphatic heterocycles. The van der Waals surface area contributed by atoms with Crippen LogP contribution in [0.4, 0.5) is 17.3 Å². The summed E-state index contributed by atoms with van der Waals surface area (Å²) < 4.78 is 7.98. The molecule has 7 heteroatoms. The molecule has 1 aromatic carbocycles. The Bertz CT molecular complexity index is 1110. The number of nitrogens with one attached hydrogen (secondary N) is 2. The molecule has 164 valence electrons. The number of rotatable bonds is 7. The molecule has 5 rings (SSSR count). The van der Waals surface area contributed by atoms with E-state index in [4.69, 9.17) is 16.4 Å². The van der Waals surface area contributed by atoms with Gasteiger partial charge in [-0.3, -0.25) is 4.68 Å². The van der Waals surface area contributed by atoms with Gasteiger partial charge >= 0.3 is 0 Å². The fourth-order valence-electron chi connectivity index (χ4n) is 4.26. The van der Waals surface area contributed by atoms with Crippen LogP contribution in [-0.2, 0) is 0 Å². The molecule has 2 N–H and O–H groups in total. The van der Waals surface area contributed by atoms with Gasteiger partial charge in [-0.25, -0.2) is 9.83 Å². The summed E-state index contributed by atoms with van der Waals surface area (Å²) in [6.07, 6.45) is 9.76. The van der Waals surface area contributed by atoms with Crippen molar-refractivity contribution >= 4 is 17.3 Å². The second-order valence-corrected chi connectivity index (χ2v) is 8.62. The predicted octanol–water partition coefficient (Wildman–Crippen LogP) is 5.34. The average Bonchev–Trinajstić information content (AvgIpc) is 3.27. The molecular weight excluding hydrogens is 400 g/mol. The summed E-state index contributed by atoms with van der Waals surface area (Å²) in [6, 6.07) is 12.2. The summed E-state index contributed by atoms with van der Waals surface area (Å²) in [7, 11) is 0. The van der Waals surface area contributed by atoms with Crippen molar-refractivity contribution < 1.29 is 4.74 Å². The monoisotopic (exact) mass is 428 g/mol. The molecule has 2 aromatic heterocycles. The summed E-state index contributed by atoms with van der Waals surface area (Å²) >= 11 is 0. The van der Waals surface area contributed by atoms with Crippen LogP contribution in [-0.4, -0.2) is 34.5 Å². The highest BCUT2D eigenvalue weighted by atomic mass is 16.5. The first-order valence-corrected chi connectivity index (χ1v) is 11.4. The lowest BCUT2D eigenvalue weighted by Gasteiger charge is -2.25. The second kappa shape index (κ2) is 9.41. The van der Waals surface area contributed by atoms with E-state index in [0.717, 1.165) is 48.7 Å². The minimum atomic E-state index is 0.447. The lowest BCUT2D eigenvalue weighted by atomic mass is 9.86. The van der Waals surface area contributed by atoms with E-state index in [1.807, 2.05) is 42.6 Å². The van der Waals surface area contributed by atoms with Gasteiger partial charge in [-0.2, -0.15) is 5.10 Å². The SMILES string of the molecule is [C-]#[N+]c1cc(-c2ccnc(Nc3ccn(C4CCNCC4)n3)c2)ccc1OCC1CCC1. The highest BCUT2D eigenvalue weighted by molar-refractivity contribution is 5.74. The Balaban J connectivity index is 1.29. The summed E-state index contributed by atoms with van der Waals surface area (Å²) in [4.78, 5) is 8.14. The van der Waals surface area contributed by atoms with Crippen molar-refractivity contribution in [2.45, 2.75) is 38.1 Å². The topological polar surface area (TPSA) is 68.4 Å². The van der Waals surface area contributed by atoms with E-state index in [0.29, 0.717) is 30.0 Å². The Morgan fingerprint density at radius 2 is 1.91 bits per heavy atom. The number of anilines is 2. The molecule has 7 nitrogen and oxygen atoms in total. The van der Waals surface area contributed by atoms with Crippen molar-refractivity contribution in [3.8, 4) is 16.9 Å². The average molecular weight is 429 g/mol. The summed E-state index contributed by atoms with van der Waals surface area (Å²) in [5.74, 6) is 2.83. The number of aromatic nitrogens is 3. The molecule has 2 fully saturated rings. The molecule has 3 heterocycles. The van der Waals surface area contributed by atoms with Crippen LogP contribution in [0.2, 0.25) is 0 Å². The lowest BCUT2D eigenvalue weighted by molar-refractivity contribution is 0.181. The fraction of sp³-hybridized carbons (Fsp3) is 0.400. The molecule has 2 aliphatic rings. The molecule has 0 spiro atoms. The van der Waals surface area contributed by atoms with Crippen LogP contribution in [0.25, 0.3) is 16.0 Å². The maximum Gasteiger partial charge on any atom is 0.228 e. The van der Waals surface area contributed by atoms with Gasteiger partial charge in [-0.15, -0.1) is 0 Å². The normalized spacial score (nSPS) is 16.8. The third-order valence-electron chi connectivity index (χ3n) is 6.42. The van der Waals surface area contributed by atoms with Crippen LogP contribution in [0.1, 0.15) is 38.1 Å². The number of benzene rings is 1. The van der Waals surface area contributed by atoms with Gasteiger partial charge in [0.25, 0.3) is 0 Å². The predicted molar refractivity (Wildman–Crippen MR) is 125 cm³/mol. The maximum absolute atomic E-state index is 7.57. The zero-order valence-corrected chi connectivity index (χ0v) is 18.1. The number of hydrogen-bond donors (Lipinski definition) is 2. The highest BCUT2D eigenvalue weighted by Crippen LogP contribution is 2.35. The van der Waals surface area contributed by atoms with Gasteiger partial charge in [-0.1, -0.05) is 12.5 Å². The van der Waals surface area contributed by atoms with E-state index in [1.165, 1.54) is 19.3 Å². The summed E-state index contributed by atoms with van der Waals surface area (Å²) in [6.45, 7) is 10.3. The Kier molecular flexibility index (Phi) is 6.04. The Labute approximate surface area is 188 Å². The smallest absolute Gasteiger partial charge is 0.228 e. The van der Waals surface area contributed by atoms with Crippen LogP contribution < -0.4 is 15.4 Å². The van der Waals surface area contributed by atoms with E-state index >= 15 is 0 Å². The standard InChI is InChI=1S/C25H28N6O/c1-26-22-15-19(5-6-23(22)32-17-18-3-2-4-18)20-7-13-28-25(16-20)29-24-10-14-31(30-24)21-8-11-27-12-9-21/h5-7,10,13-16,18,21,27H,2-4,8-9,11-12,17H2,(H,28,29,30). The van der Waals surface area contributed by atoms with Gasteiger partial charge in [0.1, 0.15) is 11.6 Å². The molecule has 32 heavy (non-hydrogen) atoms. The molecule has 0 radical (unpaired) electrons. The largest absolute Gasteiger partial charge is 0.504 e. The number of pyridine rings is 1. The molecule has 0 amide bonds. The van der Waals surface area contributed by atoms with E-state index in [1.54, 1.807) is 6.20 Å². The minimum absolute atomic E-state index is 0.447. The van der Waals surface area contributed by atoms with Gasteiger partial charge in [0.05, 0.1) is 19.2 Å². The van der Waals surface area contributed by atoms with Crippen molar-refractivity contribution in [2.75, 3.05) is 25.0 Å². The van der Waals surface area contributed by atoms with Gasteiger partial charge < -0.3 is 15.4 Å². The first-order valence-electron chi connectivity index (χ1n) is 11.4. The van der Waals surface area contributed by atoms with E-state index in [2.05, 4.69) is 25.1 Å². The quantitative estimate of drug-likeness (QED) is 0.497. The number of ether oxygens (including phenoxy) is 1. The van der Waals surface area contributed by atoms with Crippen molar-refractivity contribution in [1.29, 1.82) is 0 Å². The van der Waals surface area contributed by atoms with E-state index < -0.39 is 0 Å². The maximum atomic E-state index is 7.57. The molecule has 0 bridgehead atoms. The van der Waals surface area contributed by atoms with Crippen LogP contribution in [0.15, 0.2) is 48.8 Å². The fourth-order valence-corrected chi connectivity index (χ4v) is 4.26. The van der Waals surface area contributed by atoms with Crippen molar-refractivity contribution in [2.24, 2.45) is 5.92 Å². The molecular formula is C25H28N6O. The molecule has 1 saturated carbocycles. The lowest BCUT2D eigenvalue weighted by Crippen LogP contribution is -2.29. The summed E-state index contributed by atoms with van der Waals surface area (Å²) in [5, 5.41) is 11.4. The number of nitrogens with zero attached hydrogens (tertiary/aromatic N) is 4. The van der Waals surface area contributed by atoms with Crippen molar-refractivity contribution in [1.82, 2.24) is 20.1 Å². The van der Waals surface area contributed by atoms with E-state index in [9.17, 15) is 0 Å². The zero-order valence-electron chi connectivity index (χ0n) is 18.1. The van der Waals surface area contributed by atoms with Crippen LogP contribution in [0, 0.1) is 12.5 Å². The Morgan fingerprint density at radius 1 is 1.06 bits per heavy atom. The van der Waals surface area contributed by atoms with Gasteiger partial charge in [0, 0.05) is 18.5 Å². The molecule has 0 unspecified atom stereocenters. The number of piperidine rings is 1. The van der Waals surface area contributed by atoms with Crippen LogP contribution in [0.3, 0.4) is 0 Å². The minimum Gasteiger partial charge on any atom is -0.504 e. The van der Waals surface area contributed by atoms with Gasteiger partial charge in [0.2, 0.25) is 5.69 Å². The molecule has 1 saturated heterocycles. The summed E-state index contributed by atoms with van der Waals surface area (Å²) in [5.41, 5.74) is 2.52. The third-order valence-corrected chi connectivity index (χ3v) is 6.42. The van der Waals surface area contributed by atoms with E-state index in [-0.39, 0.29) is 0 Å². The number of hydrogen-bond acceptors (Lipinski definition) is 5. The Hall–Kier alpha value is -3.37. The van der Waals surface area contributed by atoms with Crippen LogP contribution >= 0.6 is 0 Å². The van der Waals surface area contributed by atoms with Gasteiger partial charge in [-0.05, 0) is 80.1 Å². The zero-order chi connectivity index (χ0) is 21.8. The van der Waals surface area contributed by atoms with Crippen molar-refractivity contribution in [3.63, 3.8) is 0 Å². The van der Waals surface area contributed by atoms with Gasteiger partial charge in [0.15, 0.2) is 5.82 Å². The highest BCUT2D eigenvalue weighted by Gasteiger charge is 2.19. The first kappa shape index (κ1) is 20.5. The molecule has 1 aliphatic carbocycles. The molecule has 0 atom stereocenters. The third kappa shape index (κ3) is 4.61. The second-order valence-electron chi connectivity index (χ2n) is 8.62.